The molecule has 9 nitrogen and oxygen atoms in total. The van der Waals surface area contributed by atoms with Crippen LogP contribution in [0.5, 0.6) is 11.5 Å². The van der Waals surface area contributed by atoms with Crippen LogP contribution in [0.25, 0.3) is 10.9 Å². The van der Waals surface area contributed by atoms with Gasteiger partial charge in [-0.3, -0.25) is 19.0 Å². The zero-order valence-electron chi connectivity index (χ0n) is 19.7. The predicted molar refractivity (Wildman–Crippen MR) is 133 cm³/mol. The first-order chi connectivity index (χ1) is 16.4. The molecule has 0 fully saturated rings. The summed E-state index contributed by atoms with van der Waals surface area (Å²) in [4.78, 5) is 44.4. The minimum absolute atomic E-state index is 0.0549. The van der Waals surface area contributed by atoms with Crippen molar-refractivity contribution < 1.29 is 19.1 Å². The average molecular weight is 485 g/mol. The summed E-state index contributed by atoms with van der Waals surface area (Å²) < 4.78 is 12.0. The third kappa shape index (κ3) is 5.88. The molecule has 0 saturated carbocycles. The molecule has 0 unspecified atom stereocenters. The topological polar surface area (TPSA) is 103 Å². The van der Waals surface area contributed by atoms with Crippen molar-refractivity contribution >= 4 is 40.2 Å². The number of benzene rings is 2. The number of nitrogens with one attached hydrogen (secondary N) is 1. The summed E-state index contributed by atoms with van der Waals surface area (Å²) in [5.74, 6) is 0.495. The number of rotatable bonds is 10. The Bertz CT molecular complexity index is 1240. The van der Waals surface area contributed by atoms with E-state index in [9.17, 15) is 14.4 Å². The van der Waals surface area contributed by atoms with Gasteiger partial charge in [0.25, 0.3) is 5.56 Å². The van der Waals surface area contributed by atoms with Crippen LogP contribution in [0.3, 0.4) is 0 Å². The maximum atomic E-state index is 12.9. The van der Waals surface area contributed by atoms with Crippen LogP contribution in [0.15, 0.2) is 52.4 Å². The number of likely N-dealkylation sites (N-methyl/N-ethyl adjacent to an activating group) is 1. The number of fused-ring (bicyclic) bond motifs is 1. The zero-order valence-corrected chi connectivity index (χ0v) is 20.5. The van der Waals surface area contributed by atoms with Gasteiger partial charge in [0.1, 0.15) is 0 Å². The van der Waals surface area contributed by atoms with E-state index in [-0.39, 0.29) is 30.3 Å². The Balaban J connectivity index is 1.57. The molecule has 0 bridgehead atoms. The smallest absolute Gasteiger partial charge is 0.261 e. The lowest BCUT2D eigenvalue weighted by Crippen LogP contribution is -2.35. The molecule has 1 aromatic heterocycles. The number of carbonyl (C=O) groups excluding carboxylic acids is 2. The van der Waals surface area contributed by atoms with Crippen LogP contribution in [0.4, 0.5) is 5.69 Å². The number of nitrogens with zero attached hydrogens (tertiary/aromatic N) is 3. The van der Waals surface area contributed by atoms with Gasteiger partial charge in [-0.2, -0.15) is 0 Å². The SMILES string of the molecule is COc1cc2ncn(CCCC(=O)N(C)CC(=O)Nc3ccccc3SC)c(=O)c2cc1OC. The van der Waals surface area contributed by atoms with Gasteiger partial charge in [-0.1, -0.05) is 12.1 Å². The van der Waals surface area contributed by atoms with Crippen LogP contribution in [0.1, 0.15) is 12.8 Å². The number of aryl methyl sites for hydroxylation is 1. The number of para-hydroxylation sites is 1. The highest BCUT2D eigenvalue weighted by Crippen LogP contribution is 2.29. The van der Waals surface area contributed by atoms with E-state index in [1.165, 1.54) is 41.8 Å². The molecule has 1 heterocycles. The fourth-order valence-electron chi connectivity index (χ4n) is 3.48. The number of ether oxygens (including phenoxy) is 2. The summed E-state index contributed by atoms with van der Waals surface area (Å²) in [5.41, 5.74) is 1.00. The zero-order chi connectivity index (χ0) is 24.7. The lowest BCUT2D eigenvalue weighted by atomic mass is 10.2. The monoisotopic (exact) mass is 484 g/mol. The van der Waals surface area contributed by atoms with Crippen LogP contribution in [0.2, 0.25) is 0 Å². The maximum absolute atomic E-state index is 12.9. The first kappa shape index (κ1) is 25.1. The van der Waals surface area contributed by atoms with Crippen LogP contribution < -0.4 is 20.3 Å². The van der Waals surface area contributed by atoms with Crippen LogP contribution in [0, 0.1) is 0 Å². The number of carbonyl (C=O) groups is 2. The van der Waals surface area contributed by atoms with Gasteiger partial charge in [-0.25, -0.2) is 4.98 Å². The van der Waals surface area contributed by atoms with E-state index in [4.69, 9.17) is 9.47 Å². The van der Waals surface area contributed by atoms with Gasteiger partial charge in [0.2, 0.25) is 11.8 Å². The summed E-state index contributed by atoms with van der Waals surface area (Å²) in [7, 11) is 4.61. The minimum Gasteiger partial charge on any atom is -0.493 e. The molecule has 0 radical (unpaired) electrons. The highest BCUT2D eigenvalue weighted by atomic mass is 32.2. The Hall–Kier alpha value is -3.53. The number of aromatic nitrogens is 2. The third-order valence-corrected chi connectivity index (χ3v) is 6.10. The quantitative estimate of drug-likeness (QED) is 0.441. The second-order valence-corrected chi connectivity index (χ2v) is 8.42. The van der Waals surface area contributed by atoms with Crippen LogP contribution >= 0.6 is 11.8 Å². The van der Waals surface area contributed by atoms with Gasteiger partial charge in [0, 0.05) is 31.0 Å². The van der Waals surface area contributed by atoms with Crippen molar-refractivity contribution in [3.63, 3.8) is 0 Å². The number of anilines is 1. The second kappa shape index (κ2) is 11.6. The van der Waals surface area contributed by atoms with E-state index in [2.05, 4.69) is 10.3 Å². The molecule has 2 aromatic carbocycles. The molecule has 2 amide bonds. The highest BCUT2D eigenvalue weighted by Gasteiger charge is 2.15. The van der Waals surface area contributed by atoms with Crippen LogP contribution in [-0.4, -0.2) is 60.3 Å². The van der Waals surface area contributed by atoms with Crippen molar-refractivity contribution in [1.82, 2.24) is 14.5 Å². The second-order valence-electron chi connectivity index (χ2n) is 7.57. The van der Waals surface area contributed by atoms with Crippen LogP contribution in [-0.2, 0) is 16.1 Å². The summed E-state index contributed by atoms with van der Waals surface area (Å²) in [6.07, 6.45) is 4.02. The van der Waals surface area contributed by atoms with Gasteiger partial charge in [0.05, 0.1) is 43.7 Å². The summed E-state index contributed by atoms with van der Waals surface area (Å²) in [6, 6.07) is 10.8. The molecule has 0 atom stereocenters. The normalized spacial score (nSPS) is 10.7. The summed E-state index contributed by atoms with van der Waals surface area (Å²) >= 11 is 1.54. The third-order valence-electron chi connectivity index (χ3n) is 5.31. The van der Waals surface area contributed by atoms with E-state index >= 15 is 0 Å². The average Bonchev–Trinajstić information content (AvgIpc) is 2.84. The molecular formula is C24H28N4O5S. The van der Waals surface area contributed by atoms with Gasteiger partial charge in [0.15, 0.2) is 11.5 Å². The van der Waals surface area contributed by atoms with Crippen molar-refractivity contribution in [3.05, 3.63) is 53.1 Å². The van der Waals surface area contributed by atoms with Crippen molar-refractivity contribution in [1.29, 1.82) is 0 Å². The number of hydrogen-bond acceptors (Lipinski definition) is 7. The number of amides is 2. The molecule has 0 aliphatic carbocycles. The Morgan fingerprint density at radius 1 is 1.15 bits per heavy atom. The lowest BCUT2D eigenvalue weighted by Gasteiger charge is -2.17. The first-order valence-corrected chi connectivity index (χ1v) is 11.9. The molecule has 0 spiro atoms. The molecule has 3 rings (SSSR count). The maximum Gasteiger partial charge on any atom is 0.261 e. The number of methoxy groups -OCH3 is 2. The summed E-state index contributed by atoms with van der Waals surface area (Å²) in [6.45, 7) is 0.268. The molecule has 34 heavy (non-hydrogen) atoms. The van der Waals surface area contributed by atoms with Crippen molar-refractivity contribution in [2.75, 3.05) is 39.4 Å². The molecule has 0 aliphatic rings. The molecule has 10 heteroatoms. The molecule has 3 aromatic rings. The fraction of sp³-hybridized carbons (Fsp3) is 0.333. The standard InChI is InChI=1S/C24H28N4O5S/c1-27(14-22(29)26-17-8-5-6-9-21(17)34-4)23(30)10-7-11-28-15-25-18-13-20(33-3)19(32-2)12-16(18)24(28)31/h5-6,8-9,12-13,15H,7,10-11,14H2,1-4H3,(H,26,29). The fourth-order valence-corrected chi connectivity index (χ4v) is 4.03. The Labute approximate surface area is 202 Å². The molecule has 180 valence electrons. The summed E-state index contributed by atoms with van der Waals surface area (Å²) in [5, 5.41) is 3.25. The predicted octanol–water partition coefficient (Wildman–Crippen LogP) is 3.01. The van der Waals surface area contributed by atoms with Gasteiger partial charge >= 0.3 is 0 Å². The Morgan fingerprint density at radius 2 is 1.85 bits per heavy atom. The largest absolute Gasteiger partial charge is 0.493 e. The number of hydrogen-bond donors (Lipinski definition) is 1. The van der Waals surface area contributed by atoms with E-state index in [0.717, 1.165) is 10.6 Å². The molecule has 0 aliphatic heterocycles. The van der Waals surface area contributed by atoms with E-state index < -0.39 is 0 Å². The number of thioether (sulfide) groups is 1. The van der Waals surface area contributed by atoms with Gasteiger partial charge < -0.3 is 19.7 Å². The van der Waals surface area contributed by atoms with Crippen molar-refractivity contribution in [2.45, 2.75) is 24.3 Å². The highest BCUT2D eigenvalue weighted by molar-refractivity contribution is 7.98. The molecular weight excluding hydrogens is 456 g/mol. The molecule has 1 N–H and O–H groups in total. The Morgan fingerprint density at radius 3 is 2.56 bits per heavy atom. The molecule has 0 saturated heterocycles. The van der Waals surface area contributed by atoms with Gasteiger partial charge in [-0.05, 0) is 30.9 Å². The van der Waals surface area contributed by atoms with Crippen molar-refractivity contribution in [2.24, 2.45) is 0 Å². The van der Waals surface area contributed by atoms with E-state index in [1.54, 1.807) is 19.2 Å². The first-order valence-electron chi connectivity index (χ1n) is 10.7. The Kier molecular flexibility index (Phi) is 8.53. The van der Waals surface area contributed by atoms with Gasteiger partial charge in [-0.15, -0.1) is 11.8 Å². The van der Waals surface area contributed by atoms with Crippen molar-refractivity contribution in [3.8, 4) is 11.5 Å². The van der Waals surface area contributed by atoms with E-state index in [1.807, 2.05) is 30.5 Å². The minimum atomic E-state index is -0.267. The van der Waals surface area contributed by atoms with E-state index in [0.29, 0.717) is 35.4 Å². The lowest BCUT2D eigenvalue weighted by molar-refractivity contribution is -0.133.